The fourth-order valence-corrected chi connectivity index (χ4v) is 4.99. The zero-order chi connectivity index (χ0) is 27.3. The molecule has 4 nitrogen and oxygen atoms in total. The highest BCUT2D eigenvalue weighted by molar-refractivity contribution is 6.10. The van der Waals surface area contributed by atoms with E-state index in [1.54, 1.807) is 0 Å². The van der Waals surface area contributed by atoms with Crippen LogP contribution in [0.4, 0.5) is 0 Å². The Bertz CT molecular complexity index is 1770. The molecule has 0 fully saturated rings. The van der Waals surface area contributed by atoms with E-state index in [1.165, 1.54) is 0 Å². The molecule has 4 heteroatoms. The Balaban J connectivity index is 1.58. The Morgan fingerprint density at radius 1 is 0.475 bits per heavy atom. The number of hydrogen-bond donors (Lipinski definition) is 0. The normalized spacial score (nSPS) is 10.7. The highest BCUT2D eigenvalue weighted by Crippen LogP contribution is 2.46. The fraction of sp³-hybridized carbons (Fsp3) is 0.0556. The number of rotatable bonds is 7. The summed E-state index contributed by atoms with van der Waals surface area (Å²) in [5.74, 6) is 1.42. The van der Waals surface area contributed by atoms with E-state index in [4.69, 9.17) is 9.47 Å². The summed E-state index contributed by atoms with van der Waals surface area (Å²) in [7, 11) is 0. The van der Waals surface area contributed by atoms with Gasteiger partial charge in [-0.3, -0.25) is 0 Å². The predicted octanol–water partition coefficient (Wildman–Crippen LogP) is 8.56. The summed E-state index contributed by atoms with van der Waals surface area (Å²) in [4.78, 5) is 0. The van der Waals surface area contributed by atoms with Crippen LogP contribution in [-0.2, 0) is 13.2 Å². The van der Waals surface area contributed by atoms with E-state index in [-0.39, 0.29) is 0 Å². The molecule has 0 atom stereocenters. The number of nitriles is 2. The zero-order valence-corrected chi connectivity index (χ0v) is 21.7. The summed E-state index contributed by atoms with van der Waals surface area (Å²) < 4.78 is 13.0. The van der Waals surface area contributed by atoms with Gasteiger partial charge in [0.15, 0.2) is 0 Å². The second-order valence-corrected chi connectivity index (χ2v) is 9.52. The van der Waals surface area contributed by atoms with Crippen molar-refractivity contribution in [2.24, 2.45) is 0 Å². The molecule has 6 rings (SSSR count). The maximum Gasteiger partial charge on any atom is 0.128 e. The molecule has 6 aromatic carbocycles. The van der Waals surface area contributed by atoms with Crippen LogP contribution in [0.5, 0.6) is 11.5 Å². The van der Waals surface area contributed by atoms with Gasteiger partial charge in [-0.1, -0.05) is 84.9 Å². The monoisotopic (exact) mass is 516 g/mol. The van der Waals surface area contributed by atoms with Crippen LogP contribution in [0.3, 0.4) is 0 Å². The van der Waals surface area contributed by atoms with Crippen molar-refractivity contribution < 1.29 is 9.47 Å². The second-order valence-electron chi connectivity index (χ2n) is 9.52. The molecule has 0 spiro atoms. The van der Waals surface area contributed by atoms with Crippen molar-refractivity contribution in [1.29, 1.82) is 10.5 Å². The molecule has 0 aliphatic heterocycles. The molecule has 0 saturated heterocycles. The number of hydrogen-bond acceptors (Lipinski definition) is 4. The highest BCUT2D eigenvalue weighted by atomic mass is 16.5. The van der Waals surface area contributed by atoms with Crippen molar-refractivity contribution in [3.05, 3.63) is 144 Å². The molecule has 0 N–H and O–H groups in total. The van der Waals surface area contributed by atoms with E-state index in [9.17, 15) is 10.5 Å². The largest absolute Gasteiger partial charge is 0.488 e. The van der Waals surface area contributed by atoms with Crippen LogP contribution in [0.15, 0.2) is 121 Å². The number of ether oxygens (including phenoxy) is 2. The summed E-state index contributed by atoms with van der Waals surface area (Å²) in [6, 6.07) is 43.9. The molecule has 40 heavy (non-hydrogen) atoms. The molecule has 0 bridgehead atoms. The first kappa shape index (κ1) is 24.7. The molecule has 190 valence electrons. The minimum Gasteiger partial charge on any atom is -0.488 e. The van der Waals surface area contributed by atoms with E-state index in [0.717, 1.165) is 43.8 Å². The first-order valence-electron chi connectivity index (χ1n) is 13.0. The Morgan fingerprint density at radius 3 is 1.30 bits per heavy atom. The van der Waals surface area contributed by atoms with Crippen molar-refractivity contribution in [1.82, 2.24) is 0 Å². The average Bonchev–Trinajstić information content (AvgIpc) is 3.02. The van der Waals surface area contributed by atoms with Gasteiger partial charge >= 0.3 is 0 Å². The van der Waals surface area contributed by atoms with Gasteiger partial charge in [-0.05, 0) is 69.1 Å². The Hall–Kier alpha value is -5.58. The first-order chi connectivity index (χ1) is 19.7. The van der Waals surface area contributed by atoms with Gasteiger partial charge in [0, 0.05) is 11.1 Å². The molecule has 0 aliphatic carbocycles. The third kappa shape index (κ3) is 4.95. The van der Waals surface area contributed by atoms with Crippen molar-refractivity contribution in [2.75, 3.05) is 0 Å². The summed E-state index contributed by atoms with van der Waals surface area (Å²) in [6.07, 6.45) is 0. The third-order valence-corrected chi connectivity index (χ3v) is 6.95. The van der Waals surface area contributed by atoms with E-state index >= 15 is 0 Å². The lowest BCUT2D eigenvalue weighted by Gasteiger charge is -2.20. The summed E-state index contributed by atoms with van der Waals surface area (Å²) >= 11 is 0. The molecule has 0 aliphatic rings. The second kappa shape index (κ2) is 11.0. The van der Waals surface area contributed by atoms with E-state index in [1.807, 2.05) is 121 Å². The molecular weight excluding hydrogens is 492 g/mol. The van der Waals surface area contributed by atoms with Crippen molar-refractivity contribution >= 4 is 21.5 Å². The maximum atomic E-state index is 9.54. The van der Waals surface area contributed by atoms with Crippen LogP contribution in [0.25, 0.3) is 32.7 Å². The molecule has 0 aromatic heterocycles. The number of fused-ring (bicyclic) bond motifs is 2. The van der Waals surface area contributed by atoms with Crippen LogP contribution in [0.1, 0.15) is 22.3 Å². The Morgan fingerprint density at radius 2 is 0.900 bits per heavy atom. The van der Waals surface area contributed by atoms with Crippen LogP contribution in [-0.4, -0.2) is 0 Å². The van der Waals surface area contributed by atoms with Crippen LogP contribution >= 0.6 is 0 Å². The van der Waals surface area contributed by atoms with E-state index in [2.05, 4.69) is 12.1 Å². The summed E-state index contributed by atoms with van der Waals surface area (Å²) in [5, 5.41) is 22.8. The zero-order valence-electron chi connectivity index (χ0n) is 21.7. The lowest BCUT2D eigenvalue weighted by molar-refractivity contribution is 0.303. The maximum absolute atomic E-state index is 9.54. The molecule has 0 unspecified atom stereocenters. The average molecular weight is 517 g/mol. The molecular formula is C36H24N2O2. The number of benzene rings is 6. The lowest BCUT2D eigenvalue weighted by atomic mass is 9.91. The smallest absolute Gasteiger partial charge is 0.128 e. The van der Waals surface area contributed by atoms with Gasteiger partial charge in [0.25, 0.3) is 0 Å². The molecule has 0 saturated carbocycles. The van der Waals surface area contributed by atoms with Crippen LogP contribution < -0.4 is 9.47 Å². The van der Waals surface area contributed by atoms with Crippen LogP contribution in [0.2, 0.25) is 0 Å². The summed E-state index contributed by atoms with van der Waals surface area (Å²) in [5.41, 5.74) is 5.07. The van der Waals surface area contributed by atoms with Gasteiger partial charge in [-0.2, -0.15) is 10.5 Å². The fourth-order valence-electron chi connectivity index (χ4n) is 4.99. The summed E-state index contributed by atoms with van der Waals surface area (Å²) in [6.45, 7) is 0.804. The van der Waals surface area contributed by atoms with E-state index in [0.29, 0.717) is 35.8 Å². The molecule has 0 heterocycles. The van der Waals surface area contributed by atoms with Gasteiger partial charge in [0.1, 0.15) is 24.7 Å². The molecule has 6 aromatic rings. The molecule has 0 radical (unpaired) electrons. The molecule has 0 amide bonds. The SMILES string of the molecule is N#Cc1ccc2c(-c3c(OCc4ccccc4)ccc4cc(C#N)ccc34)c(OCc3ccccc3)ccc2c1. The van der Waals surface area contributed by atoms with Gasteiger partial charge in [-0.25, -0.2) is 0 Å². The third-order valence-electron chi connectivity index (χ3n) is 6.95. The Labute approximate surface area is 232 Å². The Kier molecular flexibility index (Phi) is 6.82. The van der Waals surface area contributed by atoms with Gasteiger partial charge < -0.3 is 9.47 Å². The standard InChI is InChI=1S/C36H24N2O2/c37-21-27-11-15-31-29(19-27)13-17-33(39-23-25-7-3-1-4-8-25)35(31)36-32-16-12-28(22-38)20-30(32)14-18-34(36)40-24-26-9-5-2-6-10-26/h1-20H,23-24H2. The van der Waals surface area contributed by atoms with Crippen molar-refractivity contribution in [3.63, 3.8) is 0 Å². The van der Waals surface area contributed by atoms with Crippen molar-refractivity contribution in [3.8, 4) is 34.8 Å². The van der Waals surface area contributed by atoms with Crippen LogP contribution in [0, 0.1) is 22.7 Å². The van der Waals surface area contributed by atoms with Gasteiger partial charge in [0.05, 0.1) is 23.3 Å². The predicted molar refractivity (Wildman–Crippen MR) is 158 cm³/mol. The first-order valence-corrected chi connectivity index (χ1v) is 13.0. The minimum absolute atomic E-state index is 0.402. The number of nitrogens with zero attached hydrogens (tertiary/aromatic N) is 2. The van der Waals surface area contributed by atoms with Gasteiger partial charge in [-0.15, -0.1) is 0 Å². The minimum atomic E-state index is 0.402. The highest BCUT2D eigenvalue weighted by Gasteiger charge is 2.20. The lowest BCUT2D eigenvalue weighted by Crippen LogP contribution is -2.01. The topological polar surface area (TPSA) is 66.0 Å². The van der Waals surface area contributed by atoms with E-state index < -0.39 is 0 Å². The quantitative estimate of drug-likeness (QED) is 0.213. The van der Waals surface area contributed by atoms with Crippen molar-refractivity contribution in [2.45, 2.75) is 13.2 Å². The van der Waals surface area contributed by atoms with Gasteiger partial charge in [0.2, 0.25) is 0 Å².